The van der Waals surface area contributed by atoms with Crippen molar-refractivity contribution in [3.8, 4) is 6.07 Å². The largest absolute Gasteiger partial charge is 0.370 e. The third kappa shape index (κ3) is 2.37. The van der Waals surface area contributed by atoms with Crippen LogP contribution in [0.25, 0.3) is 0 Å². The quantitative estimate of drug-likeness (QED) is 0.799. The fourth-order valence-corrected chi connectivity index (χ4v) is 2.17. The molecule has 3 atom stereocenters. The van der Waals surface area contributed by atoms with Crippen LogP contribution in [0.4, 0.5) is 0 Å². The lowest BCUT2D eigenvalue weighted by Crippen LogP contribution is -2.29. The first-order valence-corrected chi connectivity index (χ1v) is 5.84. The van der Waals surface area contributed by atoms with Gasteiger partial charge in [0.05, 0.1) is 6.07 Å². The molecule has 0 bridgehead atoms. The van der Waals surface area contributed by atoms with Gasteiger partial charge in [-0.3, -0.25) is 4.79 Å². The predicted molar refractivity (Wildman–Crippen MR) is 63.3 cm³/mol. The molecular formula is C14H15NO2. The van der Waals surface area contributed by atoms with E-state index in [0.29, 0.717) is 6.61 Å². The Morgan fingerprint density at radius 2 is 2.18 bits per heavy atom. The van der Waals surface area contributed by atoms with E-state index in [4.69, 9.17) is 4.74 Å². The highest BCUT2D eigenvalue weighted by atomic mass is 16.5. The van der Waals surface area contributed by atoms with E-state index in [-0.39, 0.29) is 11.7 Å². The highest BCUT2D eigenvalue weighted by molar-refractivity contribution is 5.92. The molecule has 0 aliphatic carbocycles. The minimum absolute atomic E-state index is 0.108. The average Bonchev–Trinajstić information content (AvgIpc) is 2.77. The van der Waals surface area contributed by atoms with E-state index in [9.17, 15) is 10.1 Å². The lowest BCUT2D eigenvalue weighted by molar-refractivity contribution is -0.129. The second-order valence-electron chi connectivity index (χ2n) is 4.43. The van der Waals surface area contributed by atoms with E-state index in [0.717, 1.165) is 12.0 Å². The van der Waals surface area contributed by atoms with Crippen LogP contribution in [0.2, 0.25) is 0 Å². The SMILES string of the molecule is CC1CCOC1C(=O)C(C#N)c1ccccc1. The zero-order valence-electron chi connectivity index (χ0n) is 9.80. The molecule has 0 radical (unpaired) electrons. The normalized spacial score (nSPS) is 25.2. The van der Waals surface area contributed by atoms with Crippen LogP contribution >= 0.6 is 0 Å². The molecule has 1 fully saturated rings. The first kappa shape index (κ1) is 11.8. The number of hydrogen-bond acceptors (Lipinski definition) is 3. The molecular weight excluding hydrogens is 214 g/mol. The van der Waals surface area contributed by atoms with Crippen molar-refractivity contribution in [3.63, 3.8) is 0 Å². The van der Waals surface area contributed by atoms with Gasteiger partial charge in [-0.25, -0.2) is 0 Å². The predicted octanol–water partition coefficient (Wildman–Crippen LogP) is 2.29. The monoisotopic (exact) mass is 229 g/mol. The Hall–Kier alpha value is -1.66. The number of nitrogens with zero attached hydrogens (tertiary/aromatic N) is 1. The van der Waals surface area contributed by atoms with Gasteiger partial charge >= 0.3 is 0 Å². The number of benzene rings is 1. The summed E-state index contributed by atoms with van der Waals surface area (Å²) in [4.78, 5) is 12.2. The topological polar surface area (TPSA) is 50.1 Å². The van der Waals surface area contributed by atoms with Gasteiger partial charge in [-0.1, -0.05) is 37.3 Å². The molecule has 0 aromatic heterocycles. The van der Waals surface area contributed by atoms with Crippen LogP contribution in [0, 0.1) is 17.2 Å². The molecule has 0 amide bonds. The van der Waals surface area contributed by atoms with E-state index in [2.05, 4.69) is 6.07 Å². The number of ether oxygens (including phenoxy) is 1. The maximum absolute atomic E-state index is 12.2. The average molecular weight is 229 g/mol. The number of ketones is 1. The lowest BCUT2D eigenvalue weighted by Gasteiger charge is -2.16. The van der Waals surface area contributed by atoms with Crippen LogP contribution in [0.15, 0.2) is 30.3 Å². The minimum atomic E-state index is -0.707. The zero-order valence-corrected chi connectivity index (χ0v) is 9.80. The third-order valence-electron chi connectivity index (χ3n) is 3.21. The molecule has 0 saturated carbocycles. The molecule has 88 valence electrons. The molecule has 1 saturated heterocycles. The Labute approximate surface area is 101 Å². The number of nitriles is 1. The van der Waals surface area contributed by atoms with Crippen LogP contribution in [-0.4, -0.2) is 18.5 Å². The van der Waals surface area contributed by atoms with Crippen LogP contribution in [-0.2, 0) is 9.53 Å². The van der Waals surface area contributed by atoms with E-state index in [1.807, 2.05) is 37.3 Å². The Kier molecular flexibility index (Phi) is 3.55. The number of carbonyl (C=O) groups is 1. The first-order chi connectivity index (χ1) is 8.24. The summed E-state index contributed by atoms with van der Waals surface area (Å²) in [7, 11) is 0. The second kappa shape index (κ2) is 5.11. The van der Waals surface area contributed by atoms with Crippen molar-refractivity contribution < 1.29 is 9.53 Å². The van der Waals surface area contributed by atoms with Gasteiger partial charge < -0.3 is 4.74 Å². The van der Waals surface area contributed by atoms with Crippen LogP contribution in [0.5, 0.6) is 0 Å². The first-order valence-electron chi connectivity index (χ1n) is 5.84. The van der Waals surface area contributed by atoms with Gasteiger partial charge in [0.15, 0.2) is 5.78 Å². The van der Waals surface area contributed by atoms with E-state index >= 15 is 0 Å². The fraction of sp³-hybridized carbons (Fsp3) is 0.429. The third-order valence-corrected chi connectivity index (χ3v) is 3.21. The summed E-state index contributed by atoms with van der Waals surface area (Å²) in [5.74, 6) is -0.604. The number of Topliss-reactive ketones (excluding diaryl/α,β-unsaturated/α-hetero) is 1. The summed E-state index contributed by atoms with van der Waals surface area (Å²) in [6, 6.07) is 11.3. The fourth-order valence-electron chi connectivity index (χ4n) is 2.17. The summed E-state index contributed by atoms with van der Waals surface area (Å²) in [6.45, 7) is 2.61. The summed E-state index contributed by atoms with van der Waals surface area (Å²) in [5.41, 5.74) is 0.753. The van der Waals surface area contributed by atoms with E-state index < -0.39 is 12.0 Å². The standard InChI is InChI=1S/C14H15NO2/c1-10-7-8-17-14(10)13(16)12(9-15)11-5-3-2-4-6-11/h2-6,10,12,14H,7-8H2,1H3. The molecule has 1 aliphatic heterocycles. The smallest absolute Gasteiger partial charge is 0.183 e. The summed E-state index contributed by atoms with van der Waals surface area (Å²) < 4.78 is 5.43. The highest BCUT2D eigenvalue weighted by Crippen LogP contribution is 2.27. The van der Waals surface area contributed by atoms with Crippen molar-refractivity contribution in [2.24, 2.45) is 5.92 Å². The van der Waals surface area contributed by atoms with Crippen molar-refractivity contribution >= 4 is 5.78 Å². The number of carbonyl (C=O) groups excluding carboxylic acids is 1. The number of hydrogen-bond donors (Lipinski definition) is 0. The van der Waals surface area contributed by atoms with Crippen LogP contribution in [0.1, 0.15) is 24.8 Å². The zero-order chi connectivity index (χ0) is 12.3. The lowest BCUT2D eigenvalue weighted by atomic mass is 9.88. The molecule has 3 nitrogen and oxygen atoms in total. The molecule has 1 aliphatic rings. The Bertz CT molecular complexity index is 435. The maximum atomic E-state index is 12.2. The van der Waals surface area contributed by atoms with Gasteiger partial charge in [-0.05, 0) is 17.9 Å². The second-order valence-corrected chi connectivity index (χ2v) is 4.43. The van der Waals surface area contributed by atoms with E-state index in [1.165, 1.54) is 0 Å². The Morgan fingerprint density at radius 3 is 2.71 bits per heavy atom. The molecule has 3 heteroatoms. The molecule has 2 rings (SSSR count). The molecule has 17 heavy (non-hydrogen) atoms. The van der Waals surface area contributed by atoms with Gasteiger partial charge in [0.2, 0.25) is 0 Å². The summed E-state index contributed by atoms with van der Waals surface area (Å²) >= 11 is 0. The van der Waals surface area contributed by atoms with Crippen molar-refractivity contribution in [2.75, 3.05) is 6.61 Å². The van der Waals surface area contributed by atoms with Gasteiger partial charge in [-0.15, -0.1) is 0 Å². The minimum Gasteiger partial charge on any atom is -0.370 e. The molecule has 0 N–H and O–H groups in total. The van der Waals surface area contributed by atoms with E-state index in [1.54, 1.807) is 0 Å². The summed E-state index contributed by atoms with van der Waals surface area (Å²) in [6.07, 6.45) is 0.475. The van der Waals surface area contributed by atoms with Crippen LogP contribution < -0.4 is 0 Å². The Morgan fingerprint density at radius 1 is 1.47 bits per heavy atom. The molecule has 3 unspecified atom stereocenters. The summed E-state index contributed by atoms with van der Waals surface area (Å²) in [5, 5.41) is 9.17. The van der Waals surface area contributed by atoms with Gasteiger partial charge in [0.25, 0.3) is 0 Å². The van der Waals surface area contributed by atoms with Crippen molar-refractivity contribution in [3.05, 3.63) is 35.9 Å². The van der Waals surface area contributed by atoms with Gasteiger partial charge in [0.1, 0.15) is 12.0 Å². The molecule has 1 aromatic carbocycles. The van der Waals surface area contributed by atoms with Crippen molar-refractivity contribution in [1.29, 1.82) is 5.26 Å². The number of rotatable bonds is 3. The van der Waals surface area contributed by atoms with Gasteiger partial charge in [-0.2, -0.15) is 5.26 Å². The maximum Gasteiger partial charge on any atom is 0.183 e. The Balaban J connectivity index is 2.20. The van der Waals surface area contributed by atoms with Gasteiger partial charge in [0, 0.05) is 6.61 Å². The van der Waals surface area contributed by atoms with Crippen molar-refractivity contribution in [2.45, 2.75) is 25.4 Å². The highest BCUT2D eigenvalue weighted by Gasteiger charge is 2.35. The van der Waals surface area contributed by atoms with Crippen molar-refractivity contribution in [1.82, 2.24) is 0 Å². The molecule has 1 aromatic rings. The molecule has 1 heterocycles. The molecule has 0 spiro atoms. The van der Waals surface area contributed by atoms with Crippen LogP contribution in [0.3, 0.4) is 0 Å².